The molecule has 1 saturated heterocycles. The third-order valence-electron chi connectivity index (χ3n) is 2.60. The lowest BCUT2D eigenvalue weighted by Gasteiger charge is -2.22. The Kier molecular flexibility index (Phi) is 3.98. The number of ether oxygens (including phenoxy) is 2. The van der Waals surface area contributed by atoms with Crippen molar-refractivity contribution in [1.82, 2.24) is 0 Å². The molecule has 1 atom stereocenters. The molecule has 7 heteroatoms. The molecule has 1 aliphatic rings. The Morgan fingerprint density at radius 3 is 2.68 bits per heavy atom. The molecular formula is C12H13NO6. The zero-order chi connectivity index (χ0) is 13.8. The summed E-state index contributed by atoms with van der Waals surface area (Å²) in [6.07, 6.45) is -0.699. The number of hydrogen-bond donors (Lipinski definition) is 3. The summed E-state index contributed by atoms with van der Waals surface area (Å²) < 4.78 is 10.3. The molecule has 1 unspecified atom stereocenters. The first-order chi connectivity index (χ1) is 9.08. The molecule has 0 aliphatic carbocycles. The molecular weight excluding hydrogens is 254 g/mol. The van der Waals surface area contributed by atoms with Crippen LogP contribution in [0.4, 0.5) is 5.69 Å². The Balaban J connectivity index is 2.04. The van der Waals surface area contributed by atoms with Crippen LogP contribution in [0, 0.1) is 0 Å². The predicted molar refractivity (Wildman–Crippen MR) is 64.3 cm³/mol. The minimum Gasteiger partial charge on any atom is -0.507 e. The van der Waals surface area contributed by atoms with Gasteiger partial charge in [0.1, 0.15) is 11.3 Å². The number of amides is 1. The summed E-state index contributed by atoms with van der Waals surface area (Å²) >= 11 is 0. The van der Waals surface area contributed by atoms with Crippen LogP contribution in [0.2, 0.25) is 0 Å². The number of hydrogen-bond acceptors (Lipinski definition) is 5. The van der Waals surface area contributed by atoms with E-state index in [9.17, 15) is 14.7 Å². The van der Waals surface area contributed by atoms with E-state index in [2.05, 4.69) is 5.32 Å². The number of phenols is 1. The van der Waals surface area contributed by atoms with Crippen LogP contribution < -0.4 is 5.32 Å². The average Bonchev–Trinajstić information content (AvgIpc) is 2.39. The van der Waals surface area contributed by atoms with Crippen molar-refractivity contribution in [3.8, 4) is 5.75 Å². The van der Waals surface area contributed by atoms with Crippen molar-refractivity contribution in [3.63, 3.8) is 0 Å². The van der Waals surface area contributed by atoms with Gasteiger partial charge in [0.25, 0.3) is 5.91 Å². The van der Waals surface area contributed by atoms with E-state index in [4.69, 9.17) is 14.6 Å². The van der Waals surface area contributed by atoms with Gasteiger partial charge in [-0.25, -0.2) is 4.79 Å². The highest BCUT2D eigenvalue weighted by molar-refractivity contribution is 5.96. The maximum absolute atomic E-state index is 11.8. The van der Waals surface area contributed by atoms with Crippen molar-refractivity contribution < 1.29 is 29.3 Å². The molecule has 0 aromatic heterocycles. The normalized spacial score (nSPS) is 18.8. The number of aromatic carboxylic acids is 1. The first kappa shape index (κ1) is 13.3. The molecule has 0 bridgehead atoms. The number of carbonyl (C=O) groups is 2. The second kappa shape index (κ2) is 5.68. The fourth-order valence-corrected chi connectivity index (χ4v) is 1.65. The van der Waals surface area contributed by atoms with Gasteiger partial charge in [0, 0.05) is 11.8 Å². The second-order valence-corrected chi connectivity index (χ2v) is 3.96. The molecule has 1 aromatic rings. The molecule has 1 aromatic carbocycles. The van der Waals surface area contributed by atoms with Gasteiger partial charge in [0.05, 0.1) is 19.8 Å². The smallest absolute Gasteiger partial charge is 0.339 e. The summed E-state index contributed by atoms with van der Waals surface area (Å²) in [4.78, 5) is 22.5. The number of carbonyl (C=O) groups excluding carboxylic acids is 1. The molecule has 1 amide bonds. The Labute approximate surface area is 108 Å². The monoisotopic (exact) mass is 267 g/mol. The molecule has 1 heterocycles. The molecule has 7 nitrogen and oxygen atoms in total. The van der Waals surface area contributed by atoms with Crippen LogP contribution in [0.1, 0.15) is 10.4 Å². The highest BCUT2D eigenvalue weighted by Crippen LogP contribution is 2.22. The highest BCUT2D eigenvalue weighted by Gasteiger charge is 2.23. The molecule has 0 saturated carbocycles. The van der Waals surface area contributed by atoms with Gasteiger partial charge in [-0.15, -0.1) is 0 Å². The van der Waals surface area contributed by atoms with Crippen LogP contribution in [0.25, 0.3) is 0 Å². The van der Waals surface area contributed by atoms with Crippen LogP contribution in [0.3, 0.4) is 0 Å². The summed E-state index contributed by atoms with van der Waals surface area (Å²) in [6, 6.07) is 3.78. The molecule has 102 valence electrons. The minimum atomic E-state index is -1.24. The van der Waals surface area contributed by atoms with E-state index in [1.807, 2.05) is 0 Å². The Hall–Kier alpha value is -2.12. The standard InChI is InChI=1S/C12H13NO6/c14-9-5-7(1-2-8(9)12(16)17)13-11(15)10-6-18-3-4-19-10/h1-2,5,10,14H,3-4,6H2,(H,13,15)(H,16,17). The Bertz CT molecular complexity index is 495. The minimum absolute atomic E-state index is 0.172. The second-order valence-electron chi connectivity index (χ2n) is 3.96. The van der Waals surface area contributed by atoms with E-state index < -0.39 is 23.7 Å². The van der Waals surface area contributed by atoms with E-state index in [1.165, 1.54) is 18.2 Å². The van der Waals surface area contributed by atoms with Crippen molar-refractivity contribution in [3.05, 3.63) is 23.8 Å². The van der Waals surface area contributed by atoms with Gasteiger partial charge in [0.15, 0.2) is 6.10 Å². The fraction of sp³-hybridized carbons (Fsp3) is 0.333. The van der Waals surface area contributed by atoms with Crippen LogP contribution >= 0.6 is 0 Å². The van der Waals surface area contributed by atoms with Gasteiger partial charge < -0.3 is 25.0 Å². The third kappa shape index (κ3) is 3.21. The van der Waals surface area contributed by atoms with Crippen molar-refractivity contribution in [1.29, 1.82) is 0 Å². The number of benzene rings is 1. The van der Waals surface area contributed by atoms with Gasteiger partial charge in [0.2, 0.25) is 0 Å². The van der Waals surface area contributed by atoms with Gasteiger partial charge in [-0.2, -0.15) is 0 Å². The lowest BCUT2D eigenvalue weighted by molar-refractivity contribution is -0.142. The van der Waals surface area contributed by atoms with Gasteiger partial charge >= 0.3 is 5.97 Å². The van der Waals surface area contributed by atoms with Crippen LogP contribution in [0.5, 0.6) is 5.75 Å². The maximum atomic E-state index is 11.8. The lowest BCUT2D eigenvalue weighted by atomic mass is 10.2. The molecule has 3 N–H and O–H groups in total. The molecule has 2 rings (SSSR count). The van der Waals surface area contributed by atoms with Gasteiger partial charge in [-0.05, 0) is 12.1 Å². The summed E-state index contributed by atoms with van der Waals surface area (Å²) in [5, 5.41) is 20.8. The number of nitrogens with one attached hydrogen (secondary N) is 1. The predicted octanol–water partition coefficient (Wildman–Crippen LogP) is 0.444. The quantitative estimate of drug-likeness (QED) is 0.734. The van der Waals surface area contributed by atoms with E-state index in [-0.39, 0.29) is 12.2 Å². The molecule has 19 heavy (non-hydrogen) atoms. The van der Waals surface area contributed by atoms with Crippen LogP contribution in [-0.4, -0.2) is 48.0 Å². The zero-order valence-corrected chi connectivity index (χ0v) is 9.96. The first-order valence-electron chi connectivity index (χ1n) is 5.64. The largest absolute Gasteiger partial charge is 0.507 e. The van der Waals surface area contributed by atoms with E-state index in [1.54, 1.807) is 0 Å². The van der Waals surface area contributed by atoms with Crippen LogP contribution in [0.15, 0.2) is 18.2 Å². The van der Waals surface area contributed by atoms with Crippen molar-refractivity contribution in [2.24, 2.45) is 0 Å². The topological polar surface area (TPSA) is 105 Å². The van der Waals surface area contributed by atoms with Gasteiger partial charge in [-0.3, -0.25) is 4.79 Å². The number of carboxylic acids is 1. The summed E-state index contributed by atoms with van der Waals surface area (Å²) in [7, 11) is 0. The van der Waals surface area contributed by atoms with Crippen molar-refractivity contribution in [2.75, 3.05) is 25.1 Å². The maximum Gasteiger partial charge on any atom is 0.339 e. The molecule has 1 fully saturated rings. The van der Waals surface area contributed by atoms with Crippen molar-refractivity contribution in [2.45, 2.75) is 6.10 Å². The van der Waals surface area contributed by atoms with Crippen molar-refractivity contribution >= 4 is 17.6 Å². The van der Waals surface area contributed by atoms with Crippen LogP contribution in [-0.2, 0) is 14.3 Å². The summed E-state index contributed by atoms with van der Waals surface area (Å²) in [6.45, 7) is 0.976. The average molecular weight is 267 g/mol. The Morgan fingerprint density at radius 2 is 2.11 bits per heavy atom. The summed E-state index contributed by atoms with van der Waals surface area (Å²) in [5.41, 5.74) is 0.0666. The number of rotatable bonds is 3. The Morgan fingerprint density at radius 1 is 1.32 bits per heavy atom. The number of carboxylic acid groups (broad SMARTS) is 1. The molecule has 0 radical (unpaired) electrons. The number of aromatic hydroxyl groups is 1. The lowest BCUT2D eigenvalue weighted by Crippen LogP contribution is -2.39. The summed E-state index contributed by atoms with van der Waals surface area (Å²) in [5.74, 6) is -2.05. The first-order valence-corrected chi connectivity index (χ1v) is 5.64. The molecule has 0 spiro atoms. The van der Waals surface area contributed by atoms with E-state index in [0.717, 1.165) is 0 Å². The number of anilines is 1. The fourth-order valence-electron chi connectivity index (χ4n) is 1.65. The zero-order valence-electron chi connectivity index (χ0n) is 9.96. The van der Waals surface area contributed by atoms with E-state index in [0.29, 0.717) is 18.9 Å². The highest BCUT2D eigenvalue weighted by atomic mass is 16.6. The van der Waals surface area contributed by atoms with E-state index >= 15 is 0 Å². The van der Waals surface area contributed by atoms with Gasteiger partial charge in [-0.1, -0.05) is 0 Å². The third-order valence-corrected chi connectivity index (χ3v) is 2.60. The molecule has 1 aliphatic heterocycles. The SMILES string of the molecule is O=C(O)c1ccc(NC(=O)C2COCCO2)cc1O.